The summed E-state index contributed by atoms with van der Waals surface area (Å²) < 4.78 is 20.5. The maximum Gasteiger partial charge on any atom is 0.261 e. The van der Waals surface area contributed by atoms with Gasteiger partial charge in [-0.2, -0.15) is 0 Å². The molecule has 0 fully saturated rings. The van der Waals surface area contributed by atoms with Crippen molar-refractivity contribution in [1.29, 1.82) is 0 Å². The number of hydrogen-bond acceptors (Lipinski definition) is 5. The van der Waals surface area contributed by atoms with Gasteiger partial charge in [-0.15, -0.1) is 16.4 Å². The lowest BCUT2D eigenvalue weighted by atomic mass is 10.3. The van der Waals surface area contributed by atoms with E-state index in [9.17, 15) is 9.18 Å². The summed E-state index contributed by atoms with van der Waals surface area (Å²) in [5.74, 6) is -0.816. The number of amides is 1. The van der Waals surface area contributed by atoms with Crippen LogP contribution in [0.3, 0.4) is 0 Å². The number of aromatic nitrogens is 3. The number of nitrogens with one attached hydrogen (secondary N) is 1. The summed E-state index contributed by atoms with van der Waals surface area (Å²) in [6, 6.07) is 9.81. The van der Waals surface area contributed by atoms with Crippen LogP contribution in [0.25, 0.3) is 5.00 Å². The number of benzene rings is 1. The summed E-state index contributed by atoms with van der Waals surface area (Å²) in [5.41, 5.74) is 0.620. The van der Waals surface area contributed by atoms with Crippen molar-refractivity contribution >= 4 is 17.2 Å². The quantitative estimate of drug-likeness (QED) is 0.745. The number of hydrogen-bond donors (Lipinski definition) is 1. The van der Waals surface area contributed by atoms with Crippen LogP contribution in [0.1, 0.15) is 12.6 Å². The highest BCUT2D eigenvalue weighted by Crippen LogP contribution is 2.17. The normalized spacial score (nSPS) is 11.9. The molecule has 6 nitrogen and oxygen atoms in total. The molecule has 8 heteroatoms. The fraction of sp³-hybridized carbons (Fsp3) is 0.188. The predicted molar refractivity (Wildman–Crippen MR) is 87.6 cm³/mol. The van der Waals surface area contributed by atoms with Crippen LogP contribution in [-0.2, 0) is 11.3 Å². The summed E-state index contributed by atoms with van der Waals surface area (Å²) in [5, 5.41) is 13.6. The van der Waals surface area contributed by atoms with Crippen LogP contribution >= 0.6 is 11.3 Å². The highest BCUT2D eigenvalue weighted by molar-refractivity contribution is 7.12. The Kier molecular flexibility index (Phi) is 4.85. The van der Waals surface area contributed by atoms with E-state index in [0.717, 1.165) is 5.00 Å². The molecule has 124 valence electrons. The SMILES string of the molecule is C[C@@H](Oc1ccccc1F)C(=O)NCc1cn(-c2cccs2)nn1. The number of para-hydroxylation sites is 1. The van der Waals surface area contributed by atoms with Gasteiger partial charge in [0, 0.05) is 0 Å². The monoisotopic (exact) mass is 346 g/mol. The van der Waals surface area contributed by atoms with Crippen LogP contribution in [0.5, 0.6) is 5.75 Å². The molecule has 0 saturated heterocycles. The molecule has 0 aliphatic carbocycles. The number of rotatable bonds is 6. The molecule has 1 amide bonds. The maximum absolute atomic E-state index is 13.5. The summed E-state index contributed by atoms with van der Waals surface area (Å²) in [7, 11) is 0. The topological polar surface area (TPSA) is 69.0 Å². The van der Waals surface area contributed by atoms with Crippen molar-refractivity contribution in [2.75, 3.05) is 0 Å². The molecule has 3 rings (SSSR count). The van der Waals surface area contributed by atoms with Crippen LogP contribution in [0, 0.1) is 5.82 Å². The van der Waals surface area contributed by atoms with E-state index in [4.69, 9.17) is 4.74 Å². The first-order chi connectivity index (χ1) is 11.6. The van der Waals surface area contributed by atoms with Gasteiger partial charge in [0.15, 0.2) is 17.7 Å². The van der Waals surface area contributed by atoms with E-state index in [1.807, 2.05) is 17.5 Å². The van der Waals surface area contributed by atoms with Gasteiger partial charge < -0.3 is 10.1 Å². The zero-order valence-corrected chi connectivity index (χ0v) is 13.7. The minimum absolute atomic E-state index is 0.0452. The first-order valence-electron chi connectivity index (χ1n) is 7.27. The molecule has 3 aromatic rings. The third-order valence-corrected chi connectivity index (χ3v) is 4.08. The maximum atomic E-state index is 13.5. The van der Waals surface area contributed by atoms with Gasteiger partial charge in [-0.05, 0) is 36.6 Å². The van der Waals surface area contributed by atoms with Crippen LogP contribution in [0.2, 0.25) is 0 Å². The second-order valence-corrected chi connectivity index (χ2v) is 5.94. The zero-order chi connectivity index (χ0) is 16.9. The molecule has 0 spiro atoms. The van der Waals surface area contributed by atoms with Gasteiger partial charge in [-0.3, -0.25) is 4.79 Å². The number of thiophene rings is 1. The van der Waals surface area contributed by atoms with E-state index in [-0.39, 0.29) is 18.2 Å². The Hall–Kier alpha value is -2.74. The van der Waals surface area contributed by atoms with Gasteiger partial charge in [0.05, 0.1) is 12.7 Å². The molecule has 1 atom stereocenters. The molecule has 0 aliphatic rings. The van der Waals surface area contributed by atoms with Crippen LogP contribution in [-0.4, -0.2) is 27.0 Å². The Morgan fingerprint density at radius 1 is 1.38 bits per heavy atom. The number of ether oxygens (including phenoxy) is 1. The Labute approximate surface area is 141 Å². The van der Waals surface area contributed by atoms with Gasteiger partial charge >= 0.3 is 0 Å². The molecule has 0 bridgehead atoms. The second-order valence-electron chi connectivity index (χ2n) is 5.01. The van der Waals surface area contributed by atoms with Gasteiger partial charge in [0.1, 0.15) is 10.7 Å². The van der Waals surface area contributed by atoms with E-state index < -0.39 is 11.9 Å². The summed E-state index contributed by atoms with van der Waals surface area (Å²) in [6.07, 6.45) is 0.920. The van der Waals surface area contributed by atoms with E-state index in [1.165, 1.54) is 23.5 Å². The Bertz CT molecular complexity index is 819. The highest BCUT2D eigenvalue weighted by atomic mass is 32.1. The number of nitrogens with zero attached hydrogens (tertiary/aromatic N) is 3. The average Bonchev–Trinajstić information content (AvgIpc) is 3.25. The fourth-order valence-corrected chi connectivity index (χ4v) is 2.64. The number of carbonyl (C=O) groups excluding carboxylic acids is 1. The van der Waals surface area contributed by atoms with Crippen molar-refractivity contribution < 1.29 is 13.9 Å². The molecule has 2 heterocycles. The summed E-state index contributed by atoms with van der Waals surface area (Å²) in [6.45, 7) is 1.78. The van der Waals surface area contributed by atoms with Gasteiger partial charge in [-0.1, -0.05) is 17.3 Å². The third kappa shape index (κ3) is 3.77. The van der Waals surface area contributed by atoms with Crippen LogP contribution in [0.15, 0.2) is 48.0 Å². The second kappa shape index (κ2) is 7.22. The van der Waals surface area contributed by atoms with Crippen molar-refractivity contribution in [3.8, 4) is 10.8 Å². The zero-order valence-electron chi connectivity index (χ0n) is 12.8. The van der Waals surface area contributed by atoms with E-state index in [0.29, 0.717) is 5.69 Å². The van der Waals surface area contributed by atoms with Crippen LogP contribution < -0.4 is 10.1 Å². The lowest BCUT2D eigenvalue weighted by Crippen LogP contribution is -2.36. The van der Waals surface area contributed by atoms with E-state index >= 15 is 0 Å². The molecule has 2 aromatic heterocycles. The van der Waals surface area contributed by atoms with E-state index in [2.05, 4.69) is 15.6 Å². The fourth-order valence-electron chi connectivity index (χ4n) is 1.99. The van der Waals surface area contributed by atoms with Gasteiger partial charge in [-0.25, -0.2) is 9.07 Å². The first-order valence-corrected chi connectivity index (χ1v) is 8.15. The predicted octanol–water partition coefficient (Wildman–Crippen LogP) is 2.55. The molecular weight excluding hydrogens is 331 g/mol. The minimum atomic E-state index is -0.825. The molecule has 1 aromatic carbocycles. The number of halogens is 1. The average molecular weight is 346 g/mol. The summed E-state index contributed by atoms with van der Waals surface area (Å²) in [4.78, 5) is 12.1. The molecular formula is C16H15FN4O2S. The van der Waals surface area contributed by atoms with Crippen molar-refractivity contribution in [2.45, 2.75) is 19.6 Å². The van der Waals surface area contributed by atoms with Crippen molar-refractivity contribution in [3.63, 3.8) is 0 Å². The molecule has 0 aliphatic heterocycles. The van der Waals surface area contributed by atoms with Gasteiger partial charge in [0.25, 0.3) is 5.91 Å². The minimum Gasteiger partial charge on any atom is -0.478 e. The van der Waals surface area contributed by atoms with Crippen LogP contribution in [0.4, 0.5) is 4.39 Å². The first kappa shape index (κ1) is 16.1. The van der Waals surface area contributed by atoms with Crippen molar-refractivity contribution in [2.24, 2.45) is 0 Å². The lowest BCUT2D eigenvalue weighted by Gasteiger charge is -2.14. The van der Waals surface area contributed by atoms with Gasteiger partial charge in [0.2, 0.25) is 0 Å². The number of carbonyl (C=O) groups is 1. The Morgan fingerprint density at radius 2 is 2.21 bits per heavy atom. The van der Waals surface area contributed by atoms with Crippen molar-refractivity contribution in [1.82, 2.24) is 20.3 Å². The standard InChI is InChI=1S/C16H15FN4O2S/c1-11(23-14-6-3-2-5-13(14)17)16(22)18-9-12-10-21(20-19-12)15-7-4-8-24-15/h2-8,10-11H,9H2,1H3,(H,18,22)/t11-/m1/s1. The molecule has 0 unspecified atom stereocenters. The molecule has 0 saturated carbocycles. The highest BCUT2D eigenvalue weighted by Gasteiger charge is 2.16. The molecule has 0 radical (unpaired) electrons. The Balaban J connectivity index is 1.54. The van der Waals surface area contributed by atoms with E-state index in [1.54, 1.807) is 29.9 Å². The van der Waals surface area contributed by atoms with Crippen molar-refractivity contribution in [3.05, 3.63) is 59.5 Å². The largest absolute Gasteiger partial charge is 0.478 e. The third-order valence-electron chi connectivity index (χ3n) is 3.23. The smallest absolute Gasteiger partial charge is 0.261 e. The Morgan fingerprint density at radius 3 is 2.96 bits per heavy atom. The molecule has 24 heavy (non-hydrogen) atoms. The summed E-state index contributed by atoms with van der Waals surface area (Å²) >= 11 is 1.54. The molecule has 1 N–H and O–H groups in total. The lowest BCUT2D eigenvalue weighted by molar-refractivity contribution is -0.127.